The molecular weight excluding hydrogens is 286 g/mol. The van der Waals surface area contributed by atoms with Crippen molar-refractivity contribution < 1.29 is 0 Å². The largest absolute Gasteiger partial charge is 0.341 e. The van der Waals surface area contributed by atoms with E-state index < -0.39 is 0 Å². The van der Waals surface area contributed by atoms with Gasteiger partial charge in [-0.2, -0.15) is 0 Å². The first-order valence-electron chi connectivity index (χ1n) is 8.65. The van der Waals surface area contributed by atoms with Crippen molar-refractivity contribution in [1.29, 1.82) is 0 Å². The Morgan fingerprint density at radius 3 is 2.78 bits per heavy atom. The summed E-state index contributed by atoms with van der Waals surface area (Å²) in [7, 11) is 0. The Bertz CT molecular complexity index is 646. The molecule has 0 bridgehead atoms. The molecule has 2 aliphatic heterocycles. The molecule has 2 aromatic rings. The predicted molar refractivity (Wildman–Crippen MR) is 91.6 cm³/mol. The highest BCUT2D eigenvalue weighted by Crippen LogP contribution is 2.32. The molecule has 0 radical (unpaired) electrons. The third-order valence-corrected chi connectivity index (χ3v) is 4.85. The Hall–Kier alpha value is -2.01. The van der Waals surface area contributed by atoms with Crippen LogP contribution in [0.1, 0.15) is 37.3 Å². The minimum absolute atomic E-state index is 0.461. The molecule has 1 N–H and O–H groups in total. The fourth-order valence-electron chi connectivity index (χ4n) is 3.60. The van der Waals surface area contributed by atoms with Crippen LogP contribution in [-0.2, 0) is 0 Å². The van der Waals surface area contributed by atoms with Crippen molar-refractivity contribution >= 4 is 5.95 Å². The molecule has 1 atom stereocenters. The summed E-state index contributed by atoms with van der Waals surface area (Å²) in [6.07, 6.45) is 10.6. The predicted octanol–water partition coefficient (Wildman–Crippen LogP) is 2.61. The SMILES string of the molecule is c1cncc(-c2cnc(N3CCCC3)nc2C2CCCNC2)c1. The van der Waals surface area contributed by atoms with Crippen molar-refractivity contribution in [2.45, 2.75) is 31.6 Å². The Kier molecular flexibility index (Phi) is 4.20. The van der Waals surface area contributed by atoms with Gasteiger partial charge in [0, 0.05) is 55.3 Å². The monoisotopic (exact) mass is 309 g/mol. The molecule has 0 saturated carbocycles. The molecule has 5 heteroatoms. The molecule has 0 aromatic carbocycles. The Morgan fingerprint density at radius 2 is 2.04 bits per heavy atom. The topological polar surface area (TPSA) is 53.9 Å². The van der Waals surface area contributed by atoms with Gasteiger partial charge in [-0.1, -0.05) is 6.07 Å². The number of piperidine rings is 1. The van der Waals surface area contributed by atoms with E-state index in [-0.39, 0.29) is 0 Å². The lowest BCUT2D eigenvalue weighted by molar-refractivity contribution is 0.455. The number of pyridine rings is 1. The second kappa shape index (κ2) is 6.62. The van der Waals surface area contributed by atoms with E-state index in [1.54, 1.807) is 0 Å². The minimum Gasteiger partial charge on any atom is -0.341 e. The molecule has 5 nitrogen and oxygen atoms in total. The lowest BCUT2D eigenvalue weighted by Gasteiger charge is -2.25. The first-order chi connectivity index (χ1) is 11.4. The molecule has 0 amide bonds. The van der Waals surface area contributed by atoms with Gasteiger partial charge in [0.25, 0.3) is 0 Å². The maximum atomic E-state index is 5.00. The van der Waals surface area contributed by atoms with Gasteiger partial charge in [0.15, 0.2) is 0 Å². The lowest BCUT2D eigenvalue weighted by Crippen LogP contribution is -2.30. The average molecular weight is 309 g/mol. The van der Waals surface area contributed by atoms with Crippen LogP contribution in [0.4, 0.5) is 5.95 Å². The molecule has 2 aliphatic rings. The summed E-state index contributed by atoms with van der Waals surface area (Å²) in [6, 6.07) is 4.08. The van der Waals surface area contributed by atoms with Crippen molar-refractivity contribution in [1.82, 2.24) is 20.3 Å². The van der Waals surface area contributed by atoms with E-state index in [0.29, 0.717) is 5.92 Å². The Labute approximate surface area is 137 Å². The Balaban J connectivity index is 1.74. The van der Waals surface area contributed by atoms with Gasteiger partial charge in [-0.15, -0.1) is 0 Å². The zero-order valence-corrected chi connectivity index (χ0v) is 13.4. The van der Waals surface area contributed by atoms with Gasteiger partial charge in [0.05, 0.1) is 5.69 Å². The third-order valence-electron chi connectivity index (χ3n) is 4.85. The number of aromatic nitrogens is 3. The standard InChI is InChI=1S/C18H23N5/c1-2-10-23(9-1)18-21-13-16(14-5-3-7-19-11-14)17(22-18)15-6-4-8-20-12-15/h3,5,7,11,13,15,20H,1-2,4,6,8-10,12H2. The summed E-state index contributed by atoms with van der Waals surface area (Å²) in [6.45, 7) is 4.27. The van der Waals surface area contributed by atoms with E-state index in [2.05, 4.69) is 26.3 Å². The van der Waals surface area contributed by atoms with Crippen molar-refractivity contribution in [3.05, 3.63) is 36.4 Å². The van der Waals surface area contributed by atoms with Gasteiger partial charge >= 0.3 is 0 Å². The molecule has 23 heavy (non-hydrogen) atoms. The number of hydrogen-bond acceptors (Lipinski definition) is 5. The number of anilines is 1. The van der Waals surface area contributed by atoms with Gasteiger partial charge in [0.1, 0.15) is 0 Å². The zero-order chi connectivity index (χ0) is 15.5. The highest BCUT2D eigenvalue weighted by atomic mass is 15.3. The number of rotatable bonds is 3. The fourth-order valence-corrected chi connectivity index (χ4v) is 3.60. The van der Waals surface area contributed by atoms with Crippen LogP contribution < -0.4 is 10.2 Å². The molecule has 2 fully saturated rings. The van der Waals surface area contributed by atoms with Crippen LogP contribution in [0.2, 0.25) is 0 Å². The van der Waals surface area contributed by atoms with Crippen molar-refractivity contribution in [3.63, 3.8) is 0 Å². The average Bonchev–Trinajstić information content (AvgIpc) is 3.17. The zero-order valence-electron chi connectivity index (χ0n) is 13.4. The number of hydrogen-bond donors (Lipinski definition) is 1. The van der Waals surface area contributed by atoms with E-state index in [9.17, 15) is 0 Å². The summed E-state index contributed by atoms with van der Waals surface area (Å²) < 4.78 is 0. The quantitative estimate of drug-likeness (QED) is 0.944. The van der Waals surface area contributed by atoms with Crippen LogP contribution in [0.5, 0.6) is 0 Å². The summed E-state index contributed by atoms with van der Waals surface area (Å²) in [5.41, 5.74) is 3.43. The summed E-state index contributed by atoms with van der Waals surface area (Å²) in [5.74, 6) is 1.36. The van der Waals surface area contributed by atoms with Gasteiger partial charge < -0.3 is 10.2 Å². The molecular formula is C18H23N5. The third kappa shape index (κ3) is 3.06. The molecule has 0 aliphatic carbocycles. The van der Waals surface area contributed by atoms with Crippen molar-refractivity contribution in [2.24, 2.45) is 0 Å². The molecule has 2 saturated heterocycles. The summed E-state index contributed by atoms with van der Waals surface area (Å²) in [4.78, 5) is 16.2. The van der Waals surface area contributed by atoms with Crippen LogP contribution >= 0.6 is 0 Å². The lowest BCUT2D eigenvalue weighted by atomic mass is 9.91. The van der Waals surface area contributed by atoms with Gasteiger partial charge in [-0.25, -0.2) is 9.97 Å². The van der Waals surface area contributed by atoms with Crippen LogP contribution in [-0.4, -0.2) is 41.1 Å². The van der Waals surface area contributed by atoms with Gasteiger partial charge in [0.2, 0.25) is 5.95 Å². The molecule has 120 valence electrons. The van der Waals surface area contributed by atoms with E-state index in [1.807, 2.05) is 24.7 Å². The van der Waals surface area contributed by atoms with E-state index in [4.69, 9.17) is 4.98 Å². The van der Waals surface area contributed by atoms with Crippen LogP contribution in [0, 0.1) is 0 Å². The number of nitrogens with zero attached hydrogens (tertiary/aromatic N) is 4. The van der Waals surface area contributed by atoms with Crippen molar-refractivity contribution in [3.8, 4) is 11.1 Å². The normalized spacial score (nSPS) is 21.6. The van der Waals surface area contributed by atoms with Gasteiger partial charge in [-0.3, -0.25) is 4.98 Å². The van der Waals surface area contributed by atoms with Crippen LogP contribution in [0.25, 0.3) is 11.1 Å². The van der Waals surface area contributed by atoms with E-state index in [1.165, 1.54) is 31.4 Å². The first-order valence-corrected chi connectivity index (χ1v) is 8.65. The molecule has 0 spiro atoms. The maximum absolute atomic E-state index is 5.00. The molecule has 4 heterocycles. The molecule has 1 unspecified atom stereocenters. The van der Waals surface area contributed by atoms with E-state index >= 15 is 0 Å². The van der Waals surface area contributed by atoms with E-state index in [0.717, 1.165) is 43.3 Å². The van der Waals surface area contributed by atoms with Crippen molar-refractivity contribution in [2.75, 3.05) is 31.1 Å². The highest BCUT2D eigenvalue weighted by molar-refractivity contribution is 5.65. The smallest absolute Gasteiger partial charge is 0.225 e. The van der Waals surface area contributed by atoms with Crippen LogP contribution in [0.3, 0.4) is 0 Å². The maximum Gasteiger partial charge on any atom is 0.225 e. The fraction of sp³-hybridized carbons (Fsp3) is 0.500. The second-order valence-electron chi connectivity index (χ2n) is 6.45. The minimum atomic E-state index is 0.461. The summed E-state index contributed by atoms with van der Waals surface area (Å²) in [5, 5.41) is 3.51. The second-order valence-corrected chi connectivity index (χ2v) is 6.45. The summed E-state index contributed by atoms with van der Waals surface area (Å²) >= 11 is 0. The van der Waals surface area contributed by atoms with Crippen LogP contribution in [0.15, 0.2) is 30.7 Å². The molecule has 2 aromatic heterocycles. The number of nitrogens with one attached hydrogen (secondary N) is 1. The first kappa shape index (κ1) is 14.6. The molecule has 4 rings (SSSR count). The highest BCUT2D eigenvalue weighted by Gasteiger charge is 2.23. The Morgan fingerprint density at radius 1 is 1.13 bits per heavy atom. The van der Waals surface area contributed by atoms with Gasteiger partial charge in [-0.05, 0) is 38.3 Å².